The number of halogens is 1. The first-order valence-corrected chi connectivity index (χ1v) is 8.92. The van der Waals surface area contributed by atoms with Gasteiger partial charge in [0.1, 0.15) is 24.1 Å². The number of nitrogens with zero attached hydrogens (tertiary/aromatic N) is 3. The fourth-order valence-electron chi connectivity index (χ4n) is 2.75. The van der Waals surface area contributed by atoms with Crippen molar-refractivity contribution in [3.05, 3.63) is 47.5 Å². The molecule has 1 fully saturated rings. The second kappa shape index (κ2) is 9.27. The molecule has 2 heterocycles. The predicted molar refractivity (Wildman–Crippen MR) is 98.4 cm³/mol. The summed E-state index contributed by atoms with van der Waals surface area (Å²) in [5.41, 5.74) is 0.761. The van der Waals surface area contributed by atoms with Crippen molar-refractivity contribution in [1.29, 1.82) is 0 Å². The molecule has 27 heavy (non-hydrogen) atoms. The third kappa shape index (κ3) is 5.89. The summed E-state index contributed by atoms with van der Waals surface area (Å²) in [6.07, 6.45) is 0.202. The summed E-state index contributed by atoms with van der Waals surface area (Å²) in [5, 5.41) is 2.78. The van der Waals surface area contributed by atoms with Crippen LogP contribution in [0.2, 0.25) is 0 Å². The molecule has 3 rings (SSSR count). The second-order valence-corrected chi connectivity index (χ2v) is 6.21. The number of nitrogens with one attached hydrogen (secondary N) is 1. The van der Waals surface area contributed by atoms with Gasteiger partial charge in [-0.05, 0) is 24.6 Å². The SMILES string of the molecule is Cc1nc(OCCNC(=O)Cc2ccc(F)cc2)cc(N2CCOCC2)n1. The maximum Gasteiger partial charge on any atom is 0.224 e. The van der Waals surface area contributed by atoms with E-state index < -0.39 is 0 Å². The highest BCUT2D eigenvalue weighted by Crippen LogP contribution is 2.18. The van der Waals surface area contributed by atoms with Gasteiger partial charge in [-0.1, -0.05) is 12.1 Å². The van der Waals surface area contributed by atoms with E-state index in [0.29, 0.717) is 38.1 Å². The Morgan fingerprint density at radius 1 is 1.26 bits per heavy atom. The summed E-state index contributed by atoms with van der Waals surface area (Å²) >= 11 is 0. The molecule has 0 aliphatic carbocycles. The molecule has 1 amide bonds. The van der Waals surface area contributed by atoms with Crippen molar-refractivity contribution in [1.82, 2.24) is 15.3 Å². The van der Waals surface area contributed by atoms with Gasteiger partial charge in [0.15, 0.2) is 0 Å². The van der Waals surface area contributed by atoms with Gasteiger partial charge in [-0.25, -0.2) is 9.37 Å². The lowest BCUT2D eigenvalue weighted by Gasteiger charge is -2.28. The van der Waals surface area contributed by atoms with E-state index in [1.165, 1.54) is 12.1 Å². The van der Waals surface area contributed by atoms with E-state index >= 15 is 0 Å². The van der Waals surface area contributed by atoms with Gasteiger partial charge in [0.25, 0.3) is 0 Å². The van der Waals surface area contributed by atoms with Gasteiger partial charge in [-0.2, -0.15) is 4.98 Å². The van der Waals surface area contributed by atoms with E-state index in [9.17, 15) is 9.18 Å². The Labute approximate surface area is 157 Å². The molecule has 0 atom stereocenters. The van der Waals surface area contributed by atoms with Crippen LogP contribution in [0, 0.1) is 12.7 Å². The van der Waals surface area contributed by atoms with Gasteiger partial charge in [-0.3, -0.25) is 4.79 Å². The third-order valence-corrected chi connectivity index (χ3v) is 4.09. The molecule has 1 aliphatic heterocycles. The molecule has 1 aromatic heterocycles. The van der Waals surface area contributed by atoms with E-state index in [2.05, 4.69) is 20.2 Å². The molecule has 0 spiro atoms. The Morgan fingerprint density at radius 2 is 2.00 bits per heavy atom. The molecule has 144 valence electrons. The molecule has 1 aromatic carbocycles. The molecule has 7 nitrogen and oxygen atoms in total. The van der Waals surface area contributed by atoms with Crippen LogP contribution in [0.5, 0.6) is 5.88 Å². The van der Waals surface area contributed by atoms with Crippen molar-refractivity contribution in [2.45, 2.75) is 13.3 Å². The number of carbonyl (C=O) groups is 1. The van der Waals surface area contributed by atoms with Crippen LogP contribution in [0.25, 0.3) is 0 Å². The summed E-state index contributed by atoms with van der Waals surface area (Å²) in [6, 6.07) is 7.69. The monoisotopic (exact) mass is 374 g/mol. The average molecular weight is 374 g/mol. The lowest BCUT2D eigenvalue weighted by atomic mass is 10.1. The molecule has 0 bridgehead atoms. The highest BCUT2D eigenvalue weighted by molar-refractivity contribution is 5.78. The van der Waals surface area contributed by atoms with Gasteiger partial charge in [0, 0.05) is 19.2 Å². The number of benzene rings is 1. The number of ether oxygens (including phenoxy) is 2. The zero-order valence-corrected chi connectivity index (χ0v) is 15.3. The first kappa shape index (κ1) is 19.0. The van der Waals surface area contributed by atoms with E-state index in [-0.39, 0.29) is 18.1 Å². The Balaban J connectivity index is 1.45. The summed E-state index contributed by atoms with van der Waals surface area (Å²) in [6.45, 7) is 5.41. The highest BCUT2D eigenvalue weighted by Gasteiger charge is 2.14. The fourth-order valence-corrected chi connectivity index (χ4v) is 2.75. The first-order chi connectivity index (χ1) is 13.1. The standard InChI is InChI=1S/C19H23FN4O3/c1-14-22-17(24-7-10-26-11-8-24)13-19(23-14)27-9-6-21-18(25)12-15-2-4-16(20)5-3-15/h2-5,13H,6-12H2,1H3,(H,21,25). The maximum atomic E-state index is 12.9. The normalized spacial score (nSPS) is 14.1. The van der Waals surface area contributed by atoms with Crippen LogP contribution < -0.4 is 15.0 Å². The molecule has 8 heteroatoms. The van der Waals surface area contributed by atoms with E-state index in [1.54, 1.807) is 18.2 Å². The molecule has 1 N–H and O–H groups in total. The zero-order chi connectivity index (χ0) is 19.1. The average Bonchev–Trinajstić information content (AvgIpc) is 2.67. The number of rotatable bonds is 7. The molecule has 0 saturated carbocycles. The predicted octanol–water partition coefficient (Wildman–Crippen LogP) is 1.50. The number of aromatic nitrogens is 2. The Hall–Kier alpha value is -2.74. The Kier molecular flexibility index (Phi) is 6.54. The summed E-state index contributed by atoms with van der Waals surface area (Å²) in [4.78, 5) is 22.8. The van der Waals surface area contributed by atoms with Crippen LogP contribution in [0.15, 0.2) is 30.3 Å². The van der Waals surface area contributed by atoms with E-state index in [4.69, 9.17) is 9.47 Å². The van der Waals surface area contributed by atoms with Crippen molar-refractivity contribution in [3.63, 3.8) is 0 Å². The minimum Gasteiger partial charge on any atom is -0.476 e. The lowest BCUT2D eigenvalue weighted by Crippen LogP contribution is -2.37. The van der Waals surface area contributed by atoms with Crippen LogP contribution in [-0.2, 0) is 16.0 Å². The number of morpholine rings is 1. The van der Waals surface area contributed by atoms with Crippen LogP contribution in [0.1, 0.15) is 11.4 Å². The first-order valence-electron chi connectivity index (χ1n) is 8.92. The van der Waals surface area contributed by atoms with Crippen molar-refractivity contribution >= 4 is 11.7 Å². The molecular weight excluding hydrogens is 351 g/mol. The van der Waals surface area contributed by atoms with Crippen molar-refractivity contribution < 1.29 is 18.7 Å². The summed E-state index contributed by atoms with van der Waals surface area (Å²) in [5.74, 6) is 1.48. The topological polar surface area (TPSA) is 76.6 Å². The molecule has 0 unspecified atom stereocenters. The van der Waals surface area contributed by atoms with Gasteiger partial charge in [0.05, 0.1) is 26.2 Å². The van der Waals surface area contributed by atoms with Crippen molar-refractivity contribution in [3.8, 4) is 5.88 Å². The van der Waals surface area contributed by atoms with E-state index in [0.717, 1.165) is 24.5 Å². The van der Waals surface area contributed by atoms with Crippen molar-refractivity contribution in [2.24, 2.45) is 0 Å². The van der Waals surface area contributed by atoms with Gasteiger partial charge in [0.2, 0.25) is 11.8 Å². The molecule has 1 saturated heterocycles. The van der Waals surface area contributed by atoms with Crippen LogP contribution >= 0.6 is 0 Å². The van der Waals surface area contributed by atoms with Gasteiger partial charge >= 0.3 is 0 Å². The van der Waals surface area contributed by atoms with Crippen LogP contribution in [0.4, 0.5) is 10.2 Å². The minimum atomic E-state index is -0.316. The molecular formula is C19H23FN4O3. The highest BCUT2D eigenvalue weighted by atomic mass is 19.1. The molecule has 2 aromatic rings. The van der Waals surface area contributed by atoms with Crippen LogP contribution in [0.3, 0.4) is 0 Å². The quantitative estimate of drug-likeness (QED) is 0.740. The Morgan fingerprint density at radius 3 is 2.74 bits per heavy atom. The van der Waals surface area contributed by atoms with E-state index in [1.807, 2.05) is 6.92 Å². The van der Waals surface area contributed by atoms with Gasteiger partial charge in [-0.15, -0.1) is 0 Å². The molecule has 1 aliphatic rings. The number of hydrogen-bond acceptors (Lipinski definition) is 6. The zero-order valence-electron chi connectivity index (χ0n) is 15.3. The second-order valence-electron chi connectivity index (χ2n) is 6.21. The van der Waals surface area contributed by atoms with Crippen molar-refractivity contribution in [2.75, 3.05) is 44.4 Å². The molecule has 0 radical (unpaired) electrons. The third-order valence-electron chi connectivity index (χ3n) is 4.09. The maximum absolute atomic E-state index is 12.9. The number of anilines is 1. The summed E-state index contributed by atoms with van der Waals surface area (Å²) in [7, 11) is 0. The lowest BCUT2D eigenvalue weighted by molar-refractivity contribution is -0.120. The number of amides is 1. The number of hydrogen-bond donors (Lipinski definition) is 1. The number of aryl methyl sites for hydroxylation is 1. The fraction of sp³-hybridized carbons (Fsp3) is 0.421. The number of carbonyl (C=O) groups excluding carboxylic acids is 1. The smallest absolute Gasteiger partial charge is 0.224 e. The van der Waals surface area contributed by atoms with Gasteiger partial charge < -0.3 is 19.7 Å². The summed E-state index contributed by atoms with van der Waals surface area (Å²) < 4.78 is 23.9. The minimum absolute atomic E-state index is 0.141. The van der Waals surface area contributed by atoms with Crippen LogP contribution in [-0.4, -0.2) is 55.3 Å². The Bertz CT molecular complexity index is 764. The largest absolute Gasteiger partial charge is 0.476 e.